The van der Waals surface area contributed by atoms with E-state index in [1.165, 1.54) is 87.6 Å². The summed E-state index contributed by atoms with van der Waals surface area (Å²) in [6.07, 6.45) is 4.30. The van der Waals surface area contributed by atoms with Crippen LogP contribution in [0.4, 0.5) is 0 Å². The number of aromatic nitrogens is 2. The van der Waals surface area contributed by atoms with Crippen molar-refractivity contribution in [2.45, 2.75) is 0 Å². The highest BCUT2D eigenvalue weighted by Gasteiger charge is 2.22. The predicted molar refractivity (Wildman–Crippen MR) is 232 cm³/mol. The number of benzene rings is 9. The molecule has 0 N–H and O–H groups in total. The Kier molecular flexibility index (Phi) is 7.21. The first-order valence-electron chi connectivity index (χ1n) is 18.9. The van der Waals surface area contributed by atoms with Crippen LogP contribution in [-0.2, 0) is 0 Å². The van der Waals surface area contributed by atoms with Gasteiger partial charge in [-0.15, -0.1) is 0 Å². The second kappa shape index (κ2) is 12.7. The first kappa shape index (κ1) is 31.3. The molecule has 0 spiro atoms. The van der Waals surface area contributed by atoms with Crippen LogP contribution in [0.15, 0.2) is 207 Å². The van der Waals surface area contributed by atoms with E-state index in [2.05, 4.69) is 211 Å². The lowest BCUT2D eigenvalue weighted by atomic mass is 9.81. The van der Waals surface area contributed by atoms with Crippen LogP contribution < -0.4 is 0 Å². The van der Waals surface area contributed by atoms with E-state index in [0.29, 0.717) is 0 Å². The summed E-state index contributed by atoms with van der Waals surface area (Å²) in [4.78, 5) is 5.00. The lowest BCUT2D eigenvalue weighted by Crippen LogP contribution is -1.94. The fourth-order valence-electron chi connectivity index (χ4n) is 8.76. The van der Waals surface area contributed by atoms with Gasteiger partial charge in [0.05, 0.1) is 5.69 Å². The Labute approximate surface area is 319 Å². The topological polar surface area (TPSA) is 17.3 Å². The maximum atomic E-state index is 5.00. The van der Waals surface area contributed by atoms with Crippen LogP contribution >= 0.6 is 0 Å². The Morgan fingerprint density at radius 1 is 0.255 bits per heavy atom. The van der Waals surface area contributed by atoms with E-state index in [1.54, 1.807) is 0 Å². The van der Waals surface area contributed by atoms with Crippen LogP contribution in [0.25, 0.3) is 105 Å². The minimum Gasteiger partial charge on any atom is -0.306 e. The number of rotatable bonds is 5. The minimum atomic E-state index is 0.934. The Morgan fingerprint density at radius 3 is 1.05 bits per heavy atom. The zero-order valence-electron chi connectivity index (χ0n) is 30.0. The molecule has 2 heterocycles. The second-order valence-electron chi connectivity index (χ2n) is 14.3. The molecule has 11 aromatic rings. The Hall–Kier alpha value is -7.29. The van der Waals surface area contributed by atoms with E-state index in [0.717, 1.165) is 16.9 Å². The first-order chi connectivity index (χ1) is 27.3. The molecule has 0 radical (unpaired) electrons. The molecule has 0 amide bonds. The van der Waals surface area contributed by atoms with Crippen molar-refractivity contribution in [1.29, 1.82) is 0 Å². The molecule has 2 heteroatoms. The largest absolute Gasteiger partial charge is 0.306 e. The molecule has 0 bridgehead atoms. The van der Waals surface area contributed by atoms with Crippen LogP contribution in [0.1, 0.15) is 0 Å². The van der Waals surface area contributed by atoms with Gasteiger partial charge in [-0.2, -0.15) is 0 Å². The summed E-state index contributed by atoms with van der Waals surface area (Å²) in [5.74, 6) is 0. The van der Waals surface area contributed by atoms with Gasteiger partial charge in [0, 0.05) is 18.0 Å². The molecule has 0 unspecified atom stereocenters. The van der Waals surface area contributed by atoms with E-state index in [4.69, 9.17) is 4.98 Å². The standard InChI is InChI=1S/C53H34N2/c1-3-15-35(16-4-1)39-31-32-49-54-48(34-55(49)33-39)36-27-29-38(30-28-36)51-42-21-9-13-25-46(42)53(47-26-14-10-22-43(47)51)52-44-23-11-7-19-40(44)50(37-17-5-2-6-18-37)41-20-8-12-24-45(41)52/h1-34H. The van der Waals surface area contributed by atoms with E-state index < -0.39 is 0 Å². The summed E-state index contributed by atoms with van der Waals surface area (Å²) < 4.78 is 2.13. The summed E-state index contributed by atoms with van der Waals surface area (Å²) in [5, 5.41) is 10.0. The van der Waals surface area contributed by atoms with Gasteiger partial charge >= 0.3 is 0 Å². The van der Waals surface area contributed by atoms with Crippen LogP contribution in [0, 0.1) is 0 Å². The predicted octanol–water partition coefficient (Wildman–Crippen LogP) is 14.3. The van der Waals surface area contributed by atoms with Gasteiger partial charge in [-0.05, 0) is 99.7 Å². The average Bonchev–Trinajstić information content (AvgIpc) is 3.69. The van der Waals surface area contributed by atoms with Crippen LogP contribution in [0.2, 0.25) is 0 Å². The van der Waals surface area contributed by atoms with Gasteiger partial charge < -0.3 is 4.40 Å². The summed E-state index contributed by atoms with van der Waals surface area (Å²) in [6.45, 7) is 0. The molecule has 55 heavy (non-hydrogen) atoms. The van der Waals surface area contributed by atoms with Crippen molar-refractivity contribution in [3.63, 3.8) is 0 Å². The van der Waals surface area contributed by atoms with Crippen molar-refractivity contribution >= 4 is 48.7 Å². The quantitative estimate of drug-likeness (QED) is 0.164. The molecule has 0 saturated heterocycles. The maximum Gasteiger partial charge on any atom is 0.137 e. The third-order valence-electron chi connectivity index (χ3n) is 11.2. The van der Waals surface area contributed by atoms with Gasteiger partial charge in [-0.1, -0.05) is 182 Å². The Morgan fingerprint density at radius 2 is 0.600 bits per heavy atom. The lowest BCUT2D eigenvalue weighted by molar-refractivity contribution is 1.19. The van der Waals surface area contributed by atoms with Gasteiger partial charge in [-0.3, -0.25) is 0 Å². The number of hydrogen-bond donors (Lipinski definition) is 0. The smallest absolute Gasteiger partial charge is 0.137 e. The molecule has 0 saturated carbocycles. The zero-order chi connectivity index (χ0) is 36.3. The molecule has 11 rings (SSSR count). The van der Waals surface area contributed by atoms with E-state index in [9.17, 15) is 0 Å². The number of nitrogens with zero attached hydrogens (tertiary/aromatic N) is 2. The highest BCUT2D eigenvalue weighted by Crippen LogP contribution is 2.50. The van der Waals surface area contributed by atoms with Gasteiger partial charge in [0.2, 0.25) is 0 Å². The molecule has 9 aromatic carbocycles. The number of hydrogen-bond acceptors (Lipinski definition) is 1. The fraction of sp³-hybridized carbons (Fsp3) is 0. The summed E-state index contributed by atoms with van der Waals surface area (Å²) in [7, 11) is 0. The molecule has 0 atom stereocenters. The van der Waals surface area contributed by atoms with Gasteiger partial charge in [0.1, 0.15) is 5.65 Å². The van der Waals surface area contributed by atoms with Gasteiger partial charge in [0.25, 0.3) is 0 Å². The van der Waals surface area contributed by atoms with Crippen molar-refractivity contribution in [1.82, 2.24) is 9.38 Å². The van der Waals surface area contributed by atoms with E-state index >= 15 is 0 Å². The van der Waals surface area contributed by atoms with Crippen molar-refractivity contribution in [2.75, 3.05) is 0 Å². The van der Waals surface area contributed by atoms with Crippen molar-refractivity contribution in [2.24, 2.45) is 0 Å². The SMILES string of the molecule is c1ccc(-c2ccc3nc(-c4ccc(-c5c6ccccc6c(-c6c7ccccc7c(-c7ccccc7)c7ccccc67)c6ccccc56)cc4)cn3c2)cc1. The highest BCUT2D eigenvalue weighted by atomic mass is 15.0. The van der Waals surface area contributed by atoms with Crippen LogP contribution in [0.3, 0.4) is 0 Å². The number of imidazole rings is 1. The van der Waals surface area contributed by atoms with Crippen molar-refractivity contribution in [3.05, 3.63) is 207 Å². The van der Waals surface area contributed by atoms with Gasteiger partial charge in [0.15, 0.2) is 0 Å². The van der Waals surface area contributed by atoms with Crippen molar-refractivity contribution in [3.8, 4) is 55.8 Å². The second-order valence-corrected chi connectivity index (χ2v) is 14.3. The first-order valence-corrected chi connectivity index (χ1v) is 18.9. The summed E-state index contributed by atoms with van der Waals surface area (Å²) in [5.41, 5.74) is 12.9. The summed E-state index contributed by atoms with van der Waals surface area (Å²) >= 11 is 0. The number of fused-ring (bicyclic) bond motifs is 5. The Bertz CT molecular complexity index is 3120. The molecule has 256 valence electrons. The lowest BCUT2D eigenvalue weighted by Gasteiger charge is -2.22. The summed E-state index contributed by atoms with van der Waals surface area (Å²) in [6, 6.07) is 70.4. The molecule has 0 aliphatic carbocycles. The van der Waals surface area contributed by atoms with E-state index in [1.807, 2.05) is 0 Å². The third kappa shape index (κ3) is 5.07. The van der Waals surface area contributed by atoms with E-state index in [-0.39, 0.29) is 0 Å². The highest BCUT2D eigenvalue weighted by molar-refractivity contribution is 6.29. The molecule has 0 fully saturated rings. The zero-order valence-corrected chi connectivity index (χ0v) is 30.0. The normalized spacial score (nSPS) is 11.6. The Balaban J connectivity index is 1.11. The monoisotopic (exact) mass is 698 g/mol. The molecular weight excluding hydrogens is 665 g/mol. The minimum absolute atomic E-state index is 0.934. The van der Waals surface area contributed by atoms with Crippen LogP contribution in [0.5, 0.6) is 0 Å². The van der Waals surface area contributed by atoms with Crippen molar-refractivity contribution < 1.29 is 0 Å². The molecule has 2 nitrogen and oxygen atoms in total. The number of pyridine rings is 1. The average molecular weight is 699 g/mol. The molecular formula is C53H34N2. The molecule has 0 aliphatic rings. The third-order valence-corrected chi connectivity index (χ3v) is 11.2. The fourth-order valence-corrected chi connectivity index (χ4v) is 8.76. The van der Waals surface area contributed by atoms with Gasteiger partial charge in [-0.25, -0.2) is 4.98 Å². The molecule has 0 aliphatic heterocycles. The van der Waals surface area contributed by atoms with Crippen LogP contribution in [-0.4, -0.2) is 9.38 Å². The molecule has 2 aromatic heterocycles. The maximum absolute atomic E-state index is 5.00.